The molecule has 0 amide bonds. The van der Waals surface area contributed by atoms with E-state index in [1.54, 1.807) is 18.2 Å². The van der Waals surface area contributed by atoms with Crippen LogP contribution in [0, 0.1) is 0 Å². The van der Waals surface area contributed by atoms with Crippen LogP contribution in [0.2, 0.25) is 5.02 Å². The molecule has 0 bridgehead atoms. The van der Waals surface area contributed by atoms with Gasteiger partial charge in [0.05, 0.1) is 27.4 Å². The van der Waals surface area contributed by atoms with Crippen LogP contribution in [0.3, 0.4) is 0 Å². The van der Waals surface area contributed by atoms with Crippen LogP contribution in [0.4, 0.5) is 0 Å². The van der Waals surface area contributed by atoms with Crippen molar-refractivity contribution in [2.75, 3.05) is 11.5 Å². The fourth-order valence-corrected chi connectivity index (χ4v) is 5.05. The third-order valence-corrected chi connectivity index (χ3v) is 6.98. The number of hydrogen-bond acceptors (Lipinski definition) is 5. The molecular formula is C15H15ClO5S2. The Bertz CT molecular complexity index is 860. The van der Waals surface area contributed by atoms with E-state index in [4.69, 9.17) is 11.6 Å². The highest BCUT2D eigenvalue weighted by atomic mass is 35.5. The Kier molecular flexibility index (Phi) is 5.46. The molecule has 23 heavy (non-hydrogen) atoms. The predicted molar refractivity (Wildman–Crippen MR) is 88.0 cm³/mol. The fraction of sp³-hybridized carbons (Fsp3) is 0.200. The Morgan fingerprint density at radius 2 is 1.22 bits per heavy atom. The van der Waals surface area contributed by atoms with Crippen molar-refractivity contribution in [3.8, 4) is 0 Å². The van der Waals surface area contributed by atoms with Crippen molar-refractivity contribution in [3.05, 3.63) is 59.6 Å². The summed E-state index contributed by atoms with van der Waals surface area (Å²) >= 11 is 5.70. The predicted octanol–water partition coefficient (Wildman–Crippen LogP) is 1.95. The minimum atomic E-state index is -3.80. The number of aliphatic hydroxyl groups is 1. The lowest BCUT2D eigenvalue weighted by Crippen LogP contribution is -2.28. The smallest absolute Gasteiger partial charge is 0.180 e. The Labute approximate surface area is 140 Å². The number of hydrogen-bond donors (Lipinski definition) is 1. The molecule has 0 saturated heterocycles. The first kappa shape index (κ1) is 17.9. The zero-order chi connectivity index (χ0) is 17.1. The number of aliphatic hydroxyl groups excluding tert-OH is 1. The van der Waals surface area contributed by atoms with Gasteiger partial charge in [0.15, 0.2) is 19.7 Å². The van der Waals surface area contributed by atoms with Gasteiger partial charge in [-0.1, -0.05) is 29.8 Å². The van der Waals surface area contributed by atoms with Crippen molar-refractivity contribution < 1.29 is 21.9 Å². The van der Waals surface area contributed by atoms with Gasteiger partial charge >= 0.3 is 0 Å². The lowest BCUT2D eigenvalue weighted by molar-refractivity contribution is 0.220. The summed E-state index contributed by atoms with van der Waals surface area (Å²) in [7, 11) is -7.56. The van der Waals surface area contributed by atoms with Crippen molar-refractivity contribution >= 4 is 31.3 Å². The Morgan fingerprint density at radius 3 is 1.70 bits per heavy atom. The van der Waals surface area contributed by atoms with Gasteiger partial charge in [-0.25, -0.2) is 16.8 Å². The summed E-state index contributed by atoms with van der Waals surface area (Å²) in [5.74, 6) is -1.34. The number of sulfone groups is 2. The topological polar surface area (TPSA) is 88.5 Å². The molecule has 124 valence electrons. The molecule has 8 heteroatoms. The average molecular weight is 375 g/mol. The molecular weight excluding hydrogens is 360 g/mol. The van der Waals surface area contributed by atoms with Crippen LogP contribution < -0.4 is 0 Å². The maximum absolute atomic E-state index is 12.2. The minimum absolute atomic E-state index is 0.0157. The second-order valence-corrected chi connectivity index (χ2v) is 9.49. The molecule has 1 atom stereocenters. The van der Waals surface area contributed by atoms with Crippen LogP contribution in [0.15, 0.2) is 64.4 Å². The summed E-state index contributed by atoms with van der Waals surface area (Å²) in [5.41, 5.74) is 0. The van der Waals surface area contributed by atoms with Crippen molar-refractivity contribution in [2.45, 2.75) is 15.9 Å². The van der Waals surface area contributed by atoms with Crippen LogP contribution in [0.5, 0.6) is 0 Å². The van der Waals surface area contributed by atoms with Crippen molar-refractivity contribution in [1.82, 2.24) is 0 Å². The first-order chi connectivity index (χ1) is 10.7. The van der Waals surface area contributed by atoms with E-state index in [1.807, 2.05) is 0 Å². The molecule has 0 aliphatic rings. The lowest BCUT2D eigenvalue weighted by atomic mass is 10.4. The SMILES string of the molecule is O=S(=O)(C[C@H](O)CS(=O)(=O)c1ccc(Cl)cc1)c1ccccc1. The molecule has 1 N–H and O–H groups in total. The van der Waals surface area contributed by atoms with Gasteiger partial charge in [0.1, 0.15) is 0 Å². The van der Waals surface area contributed by atoms with E-state index in [-0.39, 0.29) is 9.79 Å². The van der Waals surface area contributed by atoms with Gasteiger partial charge in [0, 0.05) is 5.02 Å². The van der Waals surface area contributed by atoms with E-state index in [2.05, 4.69) is 0 Å². The standard InChI is InChI=1S/C15H15ClO5S2/c16-12-6-8-15(9-7-12)23(20,21)11-13(17)10-22(18,19)14-4-2-1-3-5-14/h1-9,13,17H,10-11H2/t13-/m0/s1. The molecule has 5 nitrogen and oxygen atoms in total. The molecule has 0 aromatic heterocycles. The van der Waals surface area contributed by atoms with E-state index >= 15 is 0 Å². The van der Waals surface area contributed by atoms with E-state index in [1.165, 1.54) is 36.4 Å². The molecule has 0 heterocycles. The average Bonchev–Trinajstić information content (AvgIpc) is 2.47. The van der Waals surface area contributed by atoms with Gasteiger partial charge in [0.25, 0.3) is 0 Å². The molecule has 2 rings (SSSR count). The highest BCUT2D eigenvalue weighted by Crippen LogP contribution is 2.18. The Hall–Kier alpha value is -1.41. The number of halogens is 1. The van der Waals surface area contributed by atoms with Gasteiger partial charge in [-0.05, 0) is 36.4 Å². The second-order valence-electron chi connectivity index (χ2n) is 4.98. The summed E-state index contributed by atoms with van der Waals surface area (Å²) in [6.07, 6.45) is -1.53. The summed E-state index contributed by atoms with van der Waals surface area (Å²) in [6.45, 7) is 0. The van der Waals surface area contributed by atoms with Crippen LogP contribution in [0.25, 0.3) is 0 Å². The zero-order valence-electron chi connectivity index (χ0n) is 12.0. The van der Waals surface area contributed by atoms with Gasteiger partial charge in [-0.3, -0.25) is 0 Å². The molecule has 0 aliphatic carbocycles. The maximum atomic E-state index is 12.2. The Morgan fingerprint density at radius 1 is 0.783 bits per heavy atom. The van der Waals surface area contributed by atoms with Gasteiger partial charge < -0.3 is 5.11 Å². The van der Waals surface area contributed by atoms with Crippen LogP contribution in [-0.4, -0.2) is 39.6 Å². The molecule has 0 aliphatic heterocycles. The molecule has 0 fully saturated rings. The molecule has 0 spiro atoms. The van der Waals surface area contributed by atoms with E-state index in [0.29, 0.717) is 5.02 Å². The lowest BCUT2D eigenvalue weighted by Gasteiger charge is -2.12. The van der Waals surface area contributed by atoms with E-state index < -0.39 is 37.3 Å². The highest BCUT2D eigenvalue weighted by Gasteiger charge is 2.25. The van der Waals surface area contributed by atoms with Gasteiger partial charge in [0.2, 0.25) is 0 Å². The van der Waals surface area contributed by atoms with E-state index in [9.17, 15) is 21.9 Å². The van der Waals surface area contributed by atoms with Crippen molar-refractivity contribution in [2.24, 2.45) is 0 Å². The third-order valence-electron chi connectivity index (χ3n) is 3.10. The Balaban J connectivity index is 2.13. The second kappa shape index (κ2) is 7.00. The number of rotatable bonds is 6. The molecule has 0 radical (unpaired) electrons. The minimum Gasteiger partial charge on any atom is -0.391 e. The summed E-state index contributed by atoms with van der Waals surface area (Å²) in [5, 5.41) is 10.3. The molecule has 0 unspecified atom stereocenters. The largest absolute Gasteiger partial charge is 0.391 e. The zero-order valence-corrected chi connectivity index (χ0v) is 14.4. The fourth-order valence-electron chi connectivity index (χ4n) is 2.02. The normalized spacial score (nSPS) is 13.7. The quantitative estimate of drug-likeness (QED) is 0.834. The van der Waals surface area contributed by atoms with Crippen LogP contribution >= 0.6 is 11.6 Å². The van der Waals surface area contributed by atoms with Crippen LogP contribution in [0.1, 0.15) is 0 Å². The van der Waals surface area contributed by atoms with E-state index in [0.717, 1.165) is 0 Å². The van der Waals surface area contributed by atoms with Crippen molar-refractivity contribution in [3.63, 3.8) is 0 Å². The van der Waals surface area contributed by atoms with Gasteiger partial charge in [-0.15, -0.1) is 0 Å². The third kappa shape index (κ3) is 4.78. The molecule has 0 saturated carbocycles. The summed E-state index contributed by atoms with van der Waals surface area (Å²) in [6, 6.07) is 13.1. The van der Waals surface area contributed by atoms with Gasteiger partial charge in [-0.2, -0.15) is 0 Å². The molecule has 2 aromatic carbocycles. The summed E-state index contributed by atoms with van der Waals surface area (Å²) < 4.78 is 48.6. The van der Waals surface area contributed by atoms with Crippen molar-refractivity contribution in [1.29, 1.82) is 0 Å². The van der Waals surface area contributed by atoms with Crippen LogP contribution in [-0.2, 0) is 19.7 Å². The monoisotopic (exact) mass is 374 g/mol. The number of benzene rings is 2. The maximum Gasteiger partial charge on any atom is 0.180 e. The first-order valence-corrected chi connectivity index (χ1v) is 10.3. The highest BCUT2D eigenvalue weighted by molar-refractivity contribution is 7.92. The molecule has 2 aromatic rings. The first-order valence-electron chi connectivity index (χ1n) is 6.65. The summed E-state index contributed by atoms with van der Waals surface area (Å²) in [4.78, 5) is 0.0287.